The van der Waals surface area contributed by atoms with Crippen LogP contribution in [0.2, 0.25) is 0 Å². The molecule has 0 aliphatic carbocycles. The molecule has 0 bridgehead atoms. The Kier molecular flexibility index (Phi) is 5.85. The van der Waals surface area contributed by atoms with Crippen LogP contribution in [0.1, 0.15) is 11.1 Å². The highest BCUT2D eigenvalue weighted by atomic mass is 32.2. The normalized spacial score (nSPS) is 11.3. The van der Waals surface area contributed by atoms with Gasteiger partial charge in [-0.05, 0) is 30.0 Å². The SMILES string of the molecule is CSc1cc(Oc2cccc(C(F)(F)F)c2)nc(OCc2ccccc2)n1. The third kappa shape index (κ3) is 5.37. The van der Waals surface area contributed by atoms with Crippen LogP contribution in [-0.2, 0) is 12.8 Å². The molecule has 0 fully saturated rings. The van der Waals surface area contributed by atoms with E-state index in [0.29, 0.717) is 5.03 Å². The van der Waals surface area contributed by atoms with E-state index in [4.69, 9.17) is 9.47 Å². The summed E-state index contributed by atoms with van der Waals surface area (Å²) in [6, 6.07) is 15.7. The van der Waals surface area contributed by atoms with Crippen molar-refractivity contribution in [3.05, 3.63) is 71.8 Å². The Morgan fingerprint density at radius 2 is 1.74 bits per heavy atom. The number of hydrogen-bond donors (Lipinski definition) is 0. The Balaban J connectivity index is 1.79. The highest BCUT2D eigenvalue weighted by Gasteiger charge is 2.30. The number of alkyl halides is 3. The van der Waals surface area contributed by atoms with Gasteiger partial charge in [0.2, 0.25) is 5.88 Å². The molecule has 8 heteroatoms. The molecule has 0 saturated heterocycles. The van der Waals surface area contributed by atoms with Gasteiger partial charge in [-0.2, -0.15) is 23.1 Å². The minimum atomic E-state index is -4.45. The van der Waals surface area contributed by atoms with Crippen molar-refractivity contribution in [2.45, 2.75) is 17.8 Å². The van der Waals surface area contributed by atoms with Crippen LogP contribution in [0.3, 0.4) is 0 Å². The summed E-state index contributed by atoms with van der Waals surface area (Å²) >= 11 is 1.35. The molecule has 0 atom stereocenters. The summed E-state index contributed by atoms with van der Waals surface area (Å²) in [4.78, 5) is 8.37. The van der Waals surface area contributed by atoms with Crippen LogP contribution < -0.4 is 9.47 Å². The molecule has 2 aromatic carbocycles. The fraction of sp³-hybridized carbons (Fsp3) is 0.158. The fourth-order valence-corrected chi connectivity index (χ4v) is 2.57. The van der Waals surface area contributed by atoms with Crippen molar-refractivity contribution >= 4 is 11.8 Å². The maximum Gasteiger partial charge on any atom is 0.416 e. The van der Waals surface area contributed by atoms with Gasteiger partial charge < -0.3 is 9.47 Å². The predicted molar refractivity (Wildman–Crippen MR) is 96.1 cm³/mol. The standard InChI is InChI=1S/C19H15F3N2O2S/c1-27-17-11-16(26-15-9-5-8-14(10-15)19(20,21)22)23-18(24-17)25-12-13-6-3-2-4-7-13/h2-11H,12H2,1H3. The summed E-state index contributed by atoms with van der Waals surface area (Å²) in [5.41, 5.74) is 0.149. The maximum atomic E-state index is 12.8. The summed E-state index contributed by atoms with van der Waals surface area (Å²) < 4.78 is 49.6. The lowest BCUT2D eigenvalue weighted by molar-refractivity contribution is -0.137. The molecule has 0 radical (unpaired) electrons. The van der Waals surface area contributed by atoms with E-state index in [-0.39, 0.29) is 24.2 Å². The van der Waals surface area contributed by atoms with E-state index in [9.17, 15) is 13.2 Å². The van der Waals surface area contributed by atoms with E-state index < -0.39 is 11.7 Å². The number of thioether (sulfide) groups is 1. The Labute approximate surface area is 158 Å². The van der Waals surface area contributed by atoms with Gasteiger partial charge >= 0.3 is 12.2 Å². The minimum absolute atomic E-state index is 0.0320. The molecule has 3 aromatic rings. The van der Waals surface area contributed by atoms with E-state index in [1.165, 1.54) is 23.9 Å². The molecule has 0 unspecified atom stereocenters. The van der Waals surface area contributed by atoms with Crippen LogP contribution in [0.5, 0.6) is 17.6 Å². The largest absolute Gasteiger partial charge is 0.458 e. The first-order valence-electron chi connectivity index (χ1n) is 7.89. The highest BCUT2D eigenvalue weighted by Crippen LogP contribution is 2.33. The van der Waals surface area contributed by atoms with Gasteiger partial charge in [0, 0.05) is 6.07 Å². The number of benzene rings is 2. The van der Waals surface area contributed by atoms with Crippen LogP contribution in [0.25, 0.3) is 0 Å². The van der Waals surface area contributed by atoms with Gasteiger partial charge in [-0.3, -0.25) is 0 Å². The molecule has 0 saturated carbocycles. The number of rotatable bonds is 6. The molecular formula is C19H15F3N2O2S. The number of nitrogens with zero attached hydrogens (tertiary/aromatic N) is 2. The first-order chi connectivity index (χ1) is 12.9. The molecule has 1 heterocycles. The first-order valence-corrected chi connectivity index (χ1v) is 9.11. The van der Waals surface area contributed by atoms with Crippen LogP contribution in [0.4, 0.5) is 13.2 Å². The molecule has 140 valence electrons. The lowest BCUT2D eigenvalue weighted by Gasteiger charge is -2.11. The van der Waals surface area contributed by atoms with Crippen molar-refractivity contribution in [2.24, 2.45) is 0 Å². The molecular weight excluding hydrogens is 377 g/mol. The van der Waals surface area contributed by atoms with E-state index in [1.807, 2.05) is 36.6 Å². The monoisotopic (exact) mass is 392 g/mol. The number of hydrogen-bond acceptors (Lipinski definition) is 5. The quantitative estimate of drug-likeness (QED) is 0.404. The average molecular weight is 392 g/mol. The zero-order valence-electron chi connectivity index (χ0n) is 14.2. The second kappa shape index (κ2) is 8.30. The maximum absolute atomic E-state index is 12.8. The lowest BCUT2D eigenvalue weighted by Crippen LogP contribution is -2.05. The third-order valence-corrected chi connectivity index (χ3v) is 4.09. The molecule has 0 aliphatic heterocycles. The second-order valence-corrected chi connectivity index (χ2v) is 6.26. The summed E-state index contributed by atoms with van der Waals surface area (Å²) in [5, 5.41) is 0.579. The Hall–Kier alpha value is -2.74. The molecule has 4 nitrogen and oxygen atoms in total. The predicted octanol–water partition coefficient (Wildman–Crippen LogP) is 5.59. The van der Waals surface area contributed by atoms with Gasteiger partial charge in [-0.15, -0.1) is 11.8 Å². The average Bonchev–Trinajstić information content (AvgIpc) is 2.66. The van der Waals surface area contributed by atoms with Crippen molar-refractivity contribution in [3.63, 3.8) is 0 Å². The van der Waals surface area contributed by atoms with E-state index >= 15 is 0 Å². The summed E-state index contributed by atoms with van der Waals surface area (Å²) in [5.74, 6) is 0.140. The number of aromatic nitrogens is 2. The number of ether oxygens (including phenoxy) is 2. The van der Waals surface area contributed by atoms with E-state index in [1.54, 1.807) is 6.07 Å². The topological polar surface area (TPSA) is 44.2 Å². The molecule has 27 heavy (non-hydrogen) atoms. The van der Waals surface area contributed by atoms with Crippen LogP contribution in [0, 0.1) is 0 Å². The molecule has 0 amide bonds. The first kappa shape index (κ1) is 19.0. The minimum Gasteiger partial charge on any atom is -0.458 e. The highest BCUT2D eigenvalue weighted by molar-refractivity contribution is 7.98. The van der Waals surface area contributed by atoms with Gasteiger partial charge in [-0.1, -0.05) is 36.4 Å². The Bertz CT molecular complexity index is 905. The van der Waals surface area contributed by atoms with E-state index in [2.05, 4.69) is 9.97 Å². The van der Waals surface area contributed by atoms with Crippen LogP contribution in [0.15, 0.2) is 65.7 Å². The van der Waals surface area contributed by atoms with Crippen LogP contribution in [-0.4, -0.2) is 16.2 Å². The van der Waals surface area contributed by atoms with Crippen molar-refractivity contribution in [1.29, 1.82) is 0 Å². The van der Waals surface area contributed by atoms with Crippen molar-refractivity contribution in [1.82, 2.24) is 9.97 Å². The van der Waals surface area contributed by atoms with Crippen molar-refractivity contribution < 1.29 is 22.6 Å². The van der Waals surface area contributed by atoms with Crippen molar-refractivity contribution in [2.75, 3.05) is 6.26 Å². The van der Waals surface area contributed by atoms with E-state index in [0.717, 1.165) is 17.7 Å². The summed E-state index contributed by atoms with van der Waals surface area (Å²) in [6.45, 7) is 0.266. The fourth-order valence-electron chi connectivity index (χ4n) is 2.18. The smallest absolute Gasteiger partial charge is 0.416 e. The third-order valence-electron chi connectivity index (χ3n) is 3.46. The molecule has 0 N–H and O–H groups in total. The molecule has 1 aromatic heterocycles. The van der Waals surface area contributed by atoms with Gasteiger partial charge in [0.05, 0.1) is 5.56 Å². The van der Waals surface area contributed by atoms with Gasteiger partial charge in [-0.25, -0.2) is 0 Å². The van der Waals surface area contributed by atoms with Gasteiger partial charge in [0.1, 0.15) is 17.4 Å². The Morgan fingerprint density at radius 1 is 0.963 bits per heavy atom. The molecule has 3 rings (SSSR count). The summed E-state index contributed by atoms with van der Waals surface area (Å²) in [7, 11) is 0. The molecule has 0 aliphatic rings. The van der Waals surface area contributed by atoms with Gasteiger partial charge in [0.15, 0.2) is 0 Å². The zero-order valence-corrected chi connectivity index (χ0v) is 15.1. The summed E-state index contributed by atoms with van der Waals surface area (Å²) in [6.07, 6.45) is -2.63. The molecule has 0 spiro atoms. The van der Waals surface area contributed by atoms with Gasteiger partial charge in [0.25, 0.3) is 0 Å². The lowest BCUT2D eigenvalue weighted by atomic mass is 10.2. The Morgan fingerprint density at radius 3 is 2.44 bits per heavy atom. The number of halogens is 3. The zero-order chi connectivity index (χ0) is 19.3. The van der Waals surface area contributed by atoms with Crippen molar-refractivity contribution in [3.8, 4) is 17.6 Å². The van der Waals surface area contributed by atoms with Crippen LogP contribution >= 0.6 is 11.8 Å². The second-order valence-electron chi connectivity index (χ2n) is 5.43.